The highest BCUT2D eigenvalue weighted by Gasteiger charge is 2.28. The van der Waals surface area contributed by atoms with Crippen molar-refractivity contribution in [3.05, 3.63) is 23.3 Å². The van der Waals surface area contributed by atoms with Gasteiger partial charge >= 0.3 is 0 Å². The Kier molecular flexibility index (Phi) is 3.10. The summed E-state index contributed by atoms with van der Waals surface area (Å²) in [6.45, 7) is 0.544. The fourth-order valence-corrected chi connectivity index (χ4v) is 2.78. The minimum atomic E-state index is 0.544. The number of hydrogen-bond donors (Lipinski definition) is 1. The molecular weight excluding hydrogens is 210 g/mol. The minimum absolute atomic E-state index is 0.544. The van der Waals surface area contributed by atoms with Crippen LogP contribution in [-0.2, 0) is 6.54 Å². The second-order valence-electron chi connectivity index (χ2n) is 5.46. The molecule has 0 aromatic carbocycles. The van der Waals surface area contributed by atoms with Crippen molar-refractivity contribution in [3.8, 4) is 0 Å². The van der Waals surface area contributed by atoms with E-state index in [1.165, 1.54) is 50.6 Å². The molecule has 92 valence electrons. The Morgan fingerprint density at radius 3 is 2.41 bits per heavy atom. The van der Waals surface area contributed by atoms with Crippen molar-refractivity contribution in [1.82, 2.24) is 9.97 Å². The molecule has 0 spiro atoms. The Balaban J connectivity index is 1.88. The van der Waals surface area contributed by atoms with Crippen LogP contribution in [0.4, 0.5) is 0 Å². The van der Waals surface area contributed by atoms with Crippen LogP contribution in [0.15, 0.2) is 6.07 Å². The Bertz CT molecular complexity index is 392. The molecule has 2 saturated carbocycles. The number of hydrogen-bond acceptors (Lipinski definition) is 3. The maximum Gasteiger partial charge on any atom is 0.132 e. The van der Waals surface area contributed by atoms with Gasteiger partial charge in [-0.25, -0.2) is 9.97 Å². The van der Waals surface area contributed by atoms with Crippen molar-refractivity contribution >= 4 is 0 Å². The van der Waals surface area contributed by atoms with Gasteiger partial charge in [0.1, 0.15) is 5.82 Å². The second kappa shape index (κ2) is 4.73. The average molecular weight is 231 g/mol. The molecule has 17 heavy (non-hydrogen) atoms. The number of nitrogens with two attached hydrogens (primary N) is 1. The molecule has 0 aliphatic heterocycles. The van der Waals surface area contributed by atoms with Crippen LogP contribution in [-0.4, -0.2) is 9.97 Å². The molecule has 1 aromatic heterocycles. The molecule has 3 rings (SSSR count). The minimum Gasteiger partial charge on any atom is -0.325 e. The van der Waals surface area contributed by atoms with E-state index >= 15 is 0 Å². The largest absolute Gasteiger partial charge is 0.325 e. The molecule has 0 radical (unpaired) electrons. The van der Waals surface area contributed by atoms with Gasteiger partial charge in [-0.1, -0.05) is 19.3 Å². The van der Waals surface area contributed by atoms with Gasteiger partial charge in [0, 0.05) is 24.1 Å². The van der Waals surface area contributed by atoms with Crippen LogP contribution in [0.5, 0.6) is 0 Å². The van der Waals surface area contributed by atoms with Crippen LogP contribution in [0.3, 0.4) is 0 Å². The van der Waals surface area contributed by atoms with Gasteiger partial charge in [-0.3, -0.25) is 0 Å². The van der Waals surface area contributed by atoms with Crippen molar-refractivity contribution < 1.29 is 0 Å². The van der Waals surface area contributed by atoms with Gasteiger partial charge in [0.15, 0.2) is 0 Å². The van der Waals surface area contributed by atoms with E-state index in [-0.39, 0.29) is 0 Å². The molecule has 0 amide bonds. The lowest BCUT2D eigenvalue weighted by Gasteiger charge is -2.21. The number of aromatic nitrogens is 2. The van der Waals surface area contributed by atoms with Gasteiger partial charge in [0.05, 0.1) is 5.69 Å². The maximum absolute atomic E-state index is 5.75. The second-order valence-corrected chi connectivity index (χ2v) is 5.46. The van der Waals surface area contributed by atoms with Gasteiger partial charge < -0.3 is 5.73 Å². The highest BCUT2D eigenvalue weighted by Crippen LogP contribution is 2.39. The van der Waals surface area contributed by atoms with Gasteiger partial charge in [-0.05, 0) is 31.7 Å². The fraction of sp³-hybridized carbons (Fsp3) is 0.714. The van der Waals surface area contributed by atoms with E-state index in [1.807, 2.05) is 0 Å². The molecule has 0 bridgehead atoms. The van der Waals surface area contributed by atoms with Gasteiger partial charge in [0.2, 0.25) is 0 Å². The maximum atomic E-state index is 5.75. The molecule has 3 heteroatoms. The van der Waals surface area contributed by atoms with Crippen LogP contribution in [0, 0.1) is 0 Å². The van der Waals surface area contributed by atoms with Crippen molar-refractivity contribution in [2.45, 2.75) is 63.3 Å². The zero-order valence-corrected chi connectivity index (χ0v) is 10.4. The summed E-state index contributed by atoms with van der Waals surface area (Å²) >= 11 is 0. The molecule has 2 aliphatic rings. The van der Waals surface area contributed by atoms with E-state index in [2.05, 4.69) is 11.1 Å². The molecular formula is C14H21N3. The van der Waals surface area contributed by atoms with Crippen LogP contribution in [0.2, 0.25) is 0 Å². The number of rotatable bonds is 3. The summed E-state index contributed by atoms with van der Waals surface area (Å²) < 4.78 is 0. The Morgan fingerprint density at radius 1 is 1.00 bits per heavy atom. The first-order valence-corrected chi connectivity index (χ1v) is 6.94. The molecule has 2 fully saturated rings. The monoisotopic (exact) mass is 231 g/mol. The molecule has 0 unspecified atom stereocenters. The van der Waals surface area contributed by atoms with E-state index in [1.54, 1.807) is 0 Å². The van der Waals surface area contributed by atoms with Crippen LogP contribution < -0.4 is 5.73 Å². The smallest absolute Gasteiger partial charge is 0.132 e. The third-order valence-electron chi connectivity index (χ3n) is 3.99. The molecule has 1 heterocycles. The van der Waals surface area contributed by atoms with E-state index in [0.29, 0.717) is 18.4 Å². The van der Waals surface area contributed by atoms with Gasteiger partial charge in [-0.15, -0.1) is 0 Å². The topological polar surface area (TPSA) is 51.8 Å². The predicted octanol–water partition coefficient (Wildman–Crippen LogP) is 2.86. The third kappa shape index (κ3) is 2.49. The molecule has 0 atom stereocenters. The van der Waals surface area contributed by atoms with E-state index in [9.17, 15) is 0 Å². The Morgan fingerprint density at radius 2 is 1.76 bits per heavy atom. The van der Waals surface area contributed by atoms with Crippen molar-refractivity contribution in [2.24, 2.45) is 5.73 Å². The van der Waals surface area contributed by atoms with Gasteiger partial charge in [-0.2, -0.15) is 0 Å². The predicted molar refractivity (Wildman–Crippen MR) is 67.7 cm³/mol. The molecule has 1 aromatic rings. The summed E-state index contributed by atoms with van der Waals surface area (Å²) in [5.41, 5.74) is 8.04. The normalized spacial score (nSPS) is 21.7. The quantitative estimate of drug-likeness (QED) is 0.870. The van der Waals surface area contributed by atoms with Crippen molar-refractivity contribution in [3.63, 3.8) is 0 Å². The third-order valence-corrected chi connectivity index (χ3v) is 3.99. The molecule has 2 N–H and O–H groups in total. The summed E-state index contributed by atoms with van der Waals surface area (Å²) in [6.07, 6.45) is 9.21. The van der Waals surface area contributed by atoms with E-state index in [4.69, 9.17) is 10.7 Å². The highest BCUT2D eigenvalue weighted by atomic mass is 14.9. The van der Waals surface area contributed by atoms with Gasteiger partial charge in [0.25, 0.3) is 0 Å². The first kappa shape index (κ1) is 11.1. The molecule has 2 aliphatic carbocycles. The molecule has 3 nitrogen and oxygen atoms in total. The summed E-state index contributed by atoms with van der Waals surface area (Å²) in [5.74, 6) is 2.35. The Labute approximate surface area is 103 Å². The first-order valence-electron chi connectivity index (χ1n) is 6.94. The summed E-state index contributed by atoms with van der Waals surface area (Å²) in [6, 6.07) is 2.14. The van der Waals surface area contributed by atoms with Crippen LogP contribution >= 0.6 is 0 Å². The Hall–Kier alpha value is -0.960. The van der Waals surface area contributed by atoms with E-state index < -0.39 is 0 Å². The zero-order chi connectivity index (χ0) is 11.7. The van der Waals surface area contributed by atoms with Crippen molar-refractivity contribution in [2.75, 3.05) is 0 Å². The summed E-state index contributed by atoms with van der Waals surface area (Å²) in [5, 5.41) is 0. The lowest BCUT2D eigenvalue weighted by molar-refractivity contribution is 0.434. The summed E-state index contributed by atoms with van der Waals surface area (Å²) in [4.78, 5) is 9.37. The SMILES string of the molecule is NCc1cc(C2CCCCC2)nc(C2CC2)n1. The molecule has 0 saturated heterocycles. The first-order chi connectivity index (χ1) is 8.36. The standard InChI is InChI=1S/C14H21N3/c15-9-12-8-13(10-4-2-1-3-5-10)17-14(16-12)11-6-7-11/h8,10-11H,1-7,9,15H2. The lowest BCUT2D eigenvalue weighted by Crippen LogP contribution is -2.11. The lowest BCUT2D eigenvalue weighted by atomic mass is 9.86. The van der Waals surface area contributed by atoms with Crippen molar-refractivity contribution in [1.29, 1.82) is 0 Å². The van der Waals surface area contributed by atoms with Crippen LogP contribution in [0.1, 0.15) is 74.0 Å². The van der Waals surface area contributed by atoms with E-state index in [0.717, 1.165) is 11.5 Å². The summed E-state index contributed by atoms with van der Waals surface area (Å²) in [7, 11) is 0. The number of nitrogens with zero attached hydrogens (tertiary/aromatic N) is 2. The average Bonchev–Trinajstić information content (AvgIpc) is 3.23. The highest BCUT2D eigenvalue weighted by molar-refractivity contribution is 5.19. The van der Waals surface area contributed by atoms with Crippen LogP contribution in [0.25, 0.3) is 0 Å². The zero-order valence-electron chi connectivity index (χ0n) is 10.4. The fourth-order valence-electron chi connectivity index (χ4n) is 2.78.